The molecule has 0 radical (unpaired) electrons. The largest absolute Gasteiger partial charge is 0.506 e. The fraction of sp³-hybridized carbons (Fsp3) is 0. The Morgan fingerprint density at radius 2 is 1.61 bits per heavy atom. The van der Waals surface area contributed by atoms with Gasteiger partial charge in [-0.3, -0.25) is 0 Å². The van der Waals surface area contributed by atoms with Crippen molar-refractivity contribution in [1.82, 2.24) is 4.98 Å². The highest BCUT2D eigenvalue weighted by Crippen LogP contribution is 2.43. The molecular weight excluding hydrogens is 494 g/mol. The normalized spacial score (nSPS) is 11.6. The molecule has 2 N–H and O–H groups in total. The van der Waals surface area contributed by atoms with Crippen LogP contribution in [0, 0.1) is 0 Å². The maximum atomic E-state index is 10.0. The molecule has 0 amide bonds. The molecule has 0 saturated heterocycles. The van der Waals surface area contributed by atoms with Gasteiger partial charge in [0, 0.05) is 28.7 Å². The van der Waals surface area contributed by atoms with Gasteiger partial charge in [-0.05, 0) is 66.0 Å². The predicted molar refractivity (Wildman–Crippen MR) is 88.3 cm³/mol. The molecule has 3 rings (SSSR count). The second-order valence-corrected chi connectivity index (χ2v) is 7.29. The molecule has 92 valence electrons. The zero-order chi connectivity index (χ0) is 13.0. The van der Waals surface area contributed by atoms with Gasteiger partial charge in [-0.15, -0.1) is 0 Å². The molecule has 1 aromatic heterocycles. The first-order valence-electron chi connectivity index (χ1n) is 4.96. The van der Waals surface area contributed by atoms with Crippen LogP contribution in [0.15, 0.2) is 36.1 Å². The van der Waals surface area contributed by atoms with Crippen molar-refractivity contribution in [3.8, 4) is 5.75 Å². The minimum Gasteiger partial charge on any atom is -0.506 e. The lowest BCUT2D eigenvalue weighted by Gasteiger charge is -2.02. The molecule has 6 heteroatoms. The molecule has 0 fully saturated rings. The topological polar surface area (TPSA) is 36.0 Å². The van der Waals surface area contributed by atoms with Crippen LogP contribution in [0.1, 0.15) is 0 Å². The van der Waals surface area contributed by atoms with Gasteiger partial charge >= 0.3 is 0 Å². The minimum atomic E-state index is 0.222. The molecular formula is C12H5Br4NO. The van der Waals surface area contributed by atoms with Gasteiger partial charge in [0.15, 0.2) is 0 Å². The van der Waals surface area contributed by atoms with E-state index in [1.807, 2.05) is 12.1 Å². The molecule has 0 atom stereocenters. The van der Waals surface area contributed by atoms with Crippen molar-refractivity contribution in [3.63, 3.8) is 0 Å². The summed E-state index contributed by atoms with van der Waals surface area (Å²) in [5.41, 5.74) is 1.68. The van der Waals surface area contributed by atoms with E-state index >= 15 is 0 Å². The van der Waals surface area contributed by atoms with Crippen molar-refractivity contribution < 1.29 is 5.11 Å². The quantitative estimate of drug-likeness (QED) is 0.387. The average Bonchev–Trinajstić information content (AvgIpc) is 2.66. The second-order valence-electron chi connectivity index (χ2n) is 3.88. The van der Waals surface area contributed by atoms with E-state index in [2.05, 4.69) is 68.7 Å². The van der Waals surface area contributed by atoms with Crippen molar-refractivity contribution in [2.24, 2.45) is 0 Å². The molecule has 0 aliphatic carbocycles. The van der Waals surface area contributed by atoms with Crippen LogP contribution in [0.25, 0.3) is 21.8 Å². The number of phenolic OH excluding ortho intramolecular Hbond substituents is 1. The lowest BCUT2D eigenvalue weighted by molar-refractivity contribution is 0.480. The lowest BCUT2D eigenvalue weighted by atomic mass is 10.1. The van der Waals surface area contributed by atoms with Gasteiger partial charge in [0.05, 0.1) is 11.0 Å². The number of hydrogen-bond donors (Lipinski definition) is 2. The fourth-order valence-corrected chi connectivity index (χ4v) is 4.28. The molecule has 3 aromatic rings. The first-order chi connectivity index (χ1) is 8.49. The summed E-state index contributed by atoms with van der Waals surface area (Å²) in [7, 11) is 0. The predicted octanol–water partition coefficient (Wildman–Crippen LogP) is 6.08. The smallest absolute Gasteiger partial charge is 0.140 e. The number of aromatic nitrogens is 1. The molecule has 0 bridgehead atoms. The summed E-state index contributed by atoms with van der Waals surface area (Å²) >= 11 is 14.0. The third-order valence-corrected chi connectivity index (χ3v) is 5.84. The highest BCUT2D eigenvalue weighted by Gasteiger charge is 2.16. The van der Waals surface area contributed by atoms with Gasteiger partial charge < -0.3 is 10.1 Å². The molecule has 0 aliphatic heterocycles. The number of phenols is 1. The number of H-pyrrole nitrogens is 1. The summed E-state index contributed by atoms with van der Waals surface area (Å²) in [6, 6.07) is 5.66. The lowest BCUT2D eigenvalue weighted by Crippen LogP contribution is -1.75. The summed E-state index contributed by atoms with van der Waals surface area (Å²) < 4.78 is 3.68. The van der Waals surface area contributed by atoms with Crippen LogP contribution in [0.2, 0.25) is 0 Å². The van der Waals surface area contributed by atoms with E-state index in [-0.39, 0.29) is 5.75 Å². The maximum Gasteiger partial charge on any atom is 0.140 e. The van der Waals surface area contributed by atoms with Crippen LogP contribution in [-0.4, -0.2) is 10.1 Å². The van der Waals surface area contributed by atoms with Crippen molar-refractivity contribution in [3.05, 3.63) is 36.1 Å². The third-order valence-electron chi connectivity index (χ3n) is 2.77. The molecule has 0 spiro atoms. The Kier molecular flexibility index (Phi) is 3.25. The van der Waals surface area contributed by atoms with Gasteiger partial charge in [-0.2, -0.15) is 0 Å². The highest BCUT2D eigenvalue weighted by atomic mass is 79.9. The zero-order valence-electron chi connectivity index (χ0n) is 8.69. The number of aromatic hydroxyl groups is 1. The SMILES string of the molecule is Oc1cc(Br)c(Br)c2c1[nH]c1c(Br)cc(Br)cc12. The van der Waals surface area contributed by atoms with Gasteiger partial charge in [-0.1, -0.05) is 15.9 Å². The first kappa shape index (κ1) is 13.0. The molecule has 0 unspecified atom stereocenters. The van der Waals surface area contributed by atoms with E-state index < -0.39 is 0 Å². The van der Waals surface area contributed by atoms with Crippen molar-refractivity contribution in [2.75, 3.05) is 0 Å². The number of halogens is 4. The van der Waals surface area contributed by atoms with Crippen LogP contribution in [0.5, 0.6) is 5.75 Å². The van der Waals surface area contributed by atoms with Crippen molar-refractivity contribution in [1.29, 1.82) is 0 Å². The van der Waals surface area contributed by atoms with Crippen molar-refractivity contribution >= 4 is 85.5 Å². The monoisotopic (exact) mass is 495 g/mol. The minimum absolute atomic E-state index is 0.222. The number of hydrogen-bond acceptors (Lipinski definition) is 1. The molecule has 1 heterocycles. The second kappa shape index (κ2) is 4.51. The number of nitrogens with one attached hydrogen (secondary N) is 1. The van der Waals surface area contributed by atoms with Crippen LogP contribution >= 0.6 is 63.7 Å². The van der Waals surface area contributed by atoms with E-state index in [4.69, 9.17) is 0 Å². The van der Waals surface area contributed by atoms with E-state index in [1.54, 1.807) is 6.07 Å². The highest BCUT2D eigenvalue weighted by molar-refractivity contribution is 9.13. The Morgan fingerprint density at radius 1 is 0.889 bits per heavy atom. The average molecular weight is 499 g/mol. The van der Waals surface area contributed by atoms with E-state index in [9.17, 15) is 5.11 Å². The molecule has 2 nitrogen and oxygen atoms in total. The van der Waals surface area contributed by atoms with E-state index in [1.165, 1.54) is 0 Å². The van der Waals surface area contributed by atoms with Crippen LogP contribution < -0.4 is 0 Å². The molecule has 0 saturated carbocycles. The summed E-state index contributed by atoms with van der Waals surface area (Å²) in [5.74, 6) is 0.222. The summed E-state index contributed by atoms with van der Waals surface area (Å²) in [5, 5.41) is 12.0. The van der Waals surface area contributed by atoms with Gasteiger partial charge in [0.1, 0.15) is 5.75 Å². The van der Waals surface area contributed by atoms with Crippen molar-refractivity contribution in [2.45, 2.75) is 0 Å². The fourth-order valence-electron chi connectivity index (χ4n) is 2.02. The van der Waals surface area contributed by atoms with Gasteiger partial charge in [0.2, 0.25) is 0 Å². The van der Waals surface area contributed by atoms with Gasteiger partial charge in [0.25, 0.3) is 0 Å². The maximum absolute atomic E-state index is 10.0. The van der Waals surface area contributed by atoms with Crippen LogP contribution in [-0.2, 0) is 0 Å². The standard InChI is InChI=1S/C12H5Br4NO/c13-4-1-5-9-10(16)6(14)3-8(18)12(9)17-11(5)7(15)2-4/h1-3,17-18H. The number of benzene rings is 2. The summed E-state index contributed by atoms with van der Waals surface area (Å²) in [4.78, 5) is 3.24. The number of rotatable bonds is 0. The van der Waals surface area contributed by atoms with Gasteiger partial charge in [-0.25, -0.2) is 0 Å². The van der Waals surface area contributed by atoms with Crippen LogP contribution in [0.3, 0.4) is 0 Å². The number of aromatic amines is 1. The summed E-state index contributed by atoms with van der Waals surface area (Å²) in [6.07, 6.45) is 0. The Hall–Kier alpha value is -0.0400. The Bertz CT molecular complexity index is 794. The Labute approximate surface area is 136 Å². The van der Waals surface area contributed by atoms with Crippen LogP contribution in [0.4, 0.5) is 0 Å². The first-order valence-corrected chi connectivity index (χ1v) is 8.13. The Morgan fingerprint density at radius 3 is 2.33 bits per heavy atom. The molecule has 18 heavy (non-hydrogen) atoms. The Balaban J connectivity index is 2.65. The number of fused-ring (bicyclic) bond motifs is 3. The summed E-state index contributed by atoms with van der Waals surface area (Å²) in [6.45, 7) is 0. The molecule has 0 aliphatic rings. The van der Waals surface area contributed by atoms with E-state index in [0.717, 1.165) is 39.7 Å². The third kappa shape index (κ3) is 1.85. The molecule has 2 aromatic carbocycles. The zero-order valence-corrected chi connectivity index (χ0v) is 15.0. The van der Waals surface area contributed by atoms with E-state index in [0.29, 0.717) is 0 Å².